The number of nitrogens with zero attached hydrogens (tertiary/aromatic N) is 4. The normalized spacial score (nSPS) is 13.7. The molecule has 0 amide bonds. The molecule has 1 unspecified atom stereocenters. The molecule has 0 fully saturated rings. The van der Waals surface area contributed by atoms with Crippen LogP contribution >= 0.6 is 0 Å². The van der Waals surface area contributed by atoms with Gasteiger partial charge in [-0.05, 0) is 101 Å². The lowest BCUT2D eigenvalue weighted by molar-refractivity contribution is 0.650. The van der Waals surface area contributed by atoms with Gasteiger partial charge in [0.2, 0.25) is 0 Å². The second-order valence-electron chi connectivity index (χ2n) is 17.7. The minimum absolute atomic E-state index is 0.135. The molecule has 0 saturated carbocycles. The number of para-hydroxylation sites is 4. The summed E-state index contributed by atoms with van der Waals surface area (Å²) in [5, 5.41) is 5.05. The predicted octanol–water partition coefficient (Wildman–Crippen LogP) is 16.6. The van der Waals surface area contributed by atoms with E-state index < -0.39 is 0 Å². The highest BCUT2D eigenvalue weighted by Gasteiger charge is 2.21. The zero-order valence-electron chi connectivity index (χ0n) is 37.2. The number of benzene rings is 8. The zero-order valence-corrected chi connectivity index (χ0v) is 37.2. The summed E-state index contributed by atoms with van der Waals surface area (Å²) in [5.74, 6) is 0. The lowest BCUT2D eigenvalue weighted by Gasteiger charge is -2.21. The lowest BCUT2D eigenvalue weighted by atomic mass is 9.94. The molecular weight excluding hydrogens is 825 g/mol. The van der Waals surface area contributed by atoms with Crippen molar-refractivity contribution in [1.82, 2.24) is 19.1 Å². The van der Waals surface area contributed by atoms with Crippen LogP contribution in [0.3, 0.4) is 0 Å². The Hall–Kier alpha value is -8.86. The van der Waals surface area contributed by atoms with Crippen LogP contribution in [0.15, 0.2) is 249 Å². The third-order valence-corrected chi connectivity index (χ3v) is 13.6. The van der Waals surface area contributed by atoms with Crippen LogP contribution in [0, 0.1) is 0 Å². The van der Waals surface area contributed by atoms with E-state index >= 15 is 0 Å². The highest BCUT2D eigenvalue weighted by Crippen LogP contribution is 2.40. The minimum atomic E-state index is 0.135. The van der Waals surface area contributed by atoms with E-state index in [1.165, 1.54) is 43.6 Å². The van der Waals surface area contributed by atoms with Crippen molar-refractivity contribution in [2.24, 2.45) is 0 Å². The molecule has 0 aliphatic heterocycles. The molecular formula is C64H44N4. The Morgan fingerprint density at radius 3 is 1.34 bits per heavy atom. The van der Waals surface area contributed by atoms with Crippen molar-refractivity contribution in [3.63, 3.8) is 0 Å². The Morgan fingerprint density at radius 2 is 0.765 bits per heavy atom. The van der Waals surface area contributed by atoms with Crippen LogP contribution in [0.1, 0.15) is 18.2 Å². The summed E-state index contributed by atoms with van der Waals surface area (Å²) in [5.41, 5.74) is 18.5. The van der Waals surface area contributed by atoms with Gasteiger partial charge in [0.05, 0.1) is 39.9 Å². The van der Waals surface area contributed by atoms with Crippen molar-refractivity contribution in [2.75, 3.05) is 0 Å². The van der Waals surface area contributed by atoms with Crippen molar-refractivity contribution in [3.8, 4) is 61.7 Å². The van der Waals surface area contributed by atoms with E-state index in [1.54, 1.807) is 0 Å². The first-order valence-electron chi connectivity index (χ1n) is 23.4. The van der Waals surface area contributed by atoms with Crippen LogP contribution in [0.25, 0.3) is 111 Å². The molecule has 0 radical (unpaired) electrons. The van der Waals surface area contributed by atoms with Gasteiger partial charge in [0.1, 0.15) is 0 Å². The minimum Gasteiger partial charge on any atom is -0.333 e. The van der Waals surface area contributed by atoms with E-state index in [-0.39, 0.29) is 6.04 Å². The van der Waals surface area contributed by atoms with Gasteiger partial charge >= 0.3 is 0 Å². The van der Waals surface area contributed by atoms with Gasteiger partial charge in [-0.3, -0.25) is 0 Å². The summed E-state index contributed by atoms with van der Waals surface area (Å²) >= 11 is 0. The predicted molar refractivity (Wildman–Crippen MR) is 284 cm³/mol. The van der Waals surface area contributed by atoms with Gasteiger partial charge in [-0.15, -0.1) is 0 Å². The van der Waals surface area contributed by atoms with Crippen LogP contribution in [0.2, 0.25) is 0 Å². The molecule has 1 aliphatic rings. The molecule has 0 spiro atoms. The summed E-state index contributed by atoms with van der Waals surface area (Å²) in [6.07, 6.45) is 7.88. The van der Waals surface area contributed by atoms with E-state index in [1.807, 2.05) is 0 Å². The van der Waals surface area contributed by atoms with E-state index in [2.05, 4.69) is 258 Å². The molecule has 4 heterocycles. The average molecular weight is 869 g/mol. The summed E-state index contributed by atoms with van der Waals surface area (Å²) < 4.78 is 4.88. The number of hydrogen-bond acceptors (Lipinski definition) is 2. The van der Waals surface area contributed by atoms with Crippen molar-refractivity contribution in [3.05, 3.63) is 254 Å². The monoisotopic (exact) mass is 868 g/mol. The highest BCUT2D eigenvalue weighted by molar-refractivity contribution is 6.10. The molecule has 320 valence electrons. The molecule has 4 heteroatoms. The fraction of sp³-hybridized carbons (Fsp3) is 0.0312. The first kappa shape index (κ1) is 39.5. The third-order valence-electron chi connectivity index (χ3n) is 13.6. The molecule has 13 rings (SSSR count). The molecule has 68 heavy (non-hydrogen) atoms. The van der Waals surface area contributed by atoms with Crippen molar-refractivity contribution < 1.29 is 0 Å². The summed E-state index contributed by atoms with van der Waals surface area (Å²) in [6.45, 7) is 0. The quantitative estimate of drug-likeness (QED) is 0.153. The van der Waals surface area contributed by atoms with Crippen LogP contribution in [0.5, 0.6) is 0 Å². The van der Waals surface area contributed by atoms with Crippen molar-refractivity contribution >= 4 is 49.2 Å². The van der Waals surface area contributed by atoms with Crippen molar-refractivity contribution in [2.45, 2.75) is 12.5 Å². The van der Waals surface area contributed by atoms with Gasteiger partial charge in [-0.1, -0.05) is 182 Å². The Labute approximate surface area is 395 Å². The van der Waals surface area contributed by atoms with Crippen LogP contribution in [-0.4, -0.2) is 19.1 Å². The highest BCUT2D eigenvalue weighted by atomic mass is 15.0. The molecule has 4 aromatic heterocycles. The van der Waals surface area contributed by atoms with Gasteiger partial charge in [-0.25, -0.2) is 9.97 Å². The third kappa shape index (κ3) is 6.94. The summed E-state index contributed by atoms with van der Waals surface area (Å²) in [7, 11) is 0. The van der Waals surface area contributed by atoms with Crippen LogP contribution in [0.4, 0.5) is 0 Å². The van der Waals surface area contributed by atoms with Crippen molar-refractivity contribution in [1.29, 1.82) is 0 Å². The molecule has 1 atom stereocenters. The number of allylic oxidation sites excluding steroid dienone is 4. The van der Waals surface area contributed by atoms with E-state index in [0.29, 0.717) is 0 Å². The van der Waals surface area contributed by atoms with Gasteiger partial charge in [0, 0.05) is 55.0 Å². The maximum Gasteiger partial charge on any atom is 0.0716 e. The largest absolute Gasteiger partial charge is 0.333 e. The maximum absolute atomic E-state index is 5.38. The Bertz CT molecular complexity index is 3840. The second kappa shape index (κ2) is 16.5. The fourth-order valence-electron chi connectivity index (χ4n) is 10.4. The zero-order chi connectivity index (χ0) is 45.0. The molecule has 12 aromatic rings. The molecule has 0 saturated heterocycles. The molecule has 8 aromatic carbocycles. The van der Waals surface area contributed by atoms with E-state index in [4.69, 9.17) is 9.97 Å². The number of pyridine rings is 2. The Kier molecular flexibility index (Phi) is 9.61. The van der Waals surface area contributed by atoms with E-state index in [9.17, 15) is 0 Å². The number of hydrogen-bond donors (Lipinski definition) is 0. The number of rotatable bonds is 8. The molecule has 4 nitrogen and oxygen atoms in total. The Balaban J connectivity index is 0.929. The average Bonchev–Trinajstić information content (AvgIpc) is 3.94. The molecule has 0 N–H and O–H groups in total. The standard InChI is InChI=1S/C64H44N4/c1-3-18-43(19-4-1)57-39-49(41-59(65-57)47-24-16-26-51(37-47)67-61-32-11-7-28-53(61)54-29-8-12-33-62(54)67)45-22-15-23-46(36-45)50-40-58(44-20-5-2-6-21-44)66-60(42-50)48-25-17-27-52(38-48)68-63-34-13-9-30-55(63)56-31-10-14-35-64(56)68/h1-26,28-42,52H,27H2. The fourth-order valence-corrected chi connectivity index (χ4v) is 10.4. The first-order chi connectivity index (χ1) is 33.7. The van der Waals surface area contributed by atoms with Crippen LogP contribution in [-0.2, 0) is 0 Å². The van der Waals surface area contributed by atoms with Crippen LogP contribution < -0.4 is 0 Å². The topological polar surface area (TPSA) is 35.6 Å². The summed E-state index contributed by atoms with van der Waals surface area (Å²) in [6, 6.07) is 82.8. The Morgan fingerprint density at radius 1 is 0.338 bits per heavy atom. The lowest BCUT2D eigenvalue weighted by Crippen LogP contribution is -2.09. The number of aromatic nitrogens is 4. The van der Waals surface area contributed by atoms with Gasteiger partial charge in [0.25, 0.3) is 0 Å². The second-order valence-corrected chi connectivity index (χ2v) is 17.7. The van der Waals surface area contributed by atoms with Gasteiger partial charge in [-0.2, -0.15) is 0 Å². The van der Waals surface area contributed by atoms with E-state index in [0.717, 1.165) is 79.4 Å². The first-order valence-corrected chi connectivity index (χ1v) is 23.4. The van der Waals surface area contributed by atoms with Gasteiger partial charge in [0.15, 0.2) is 0 Å². The SMILES string of the molecule is C1=CC(c2cc(-c3cccc(-c4cc(-c5ccccc5)nc(-c5cccc(-n6c7ccccc7c7ccccc76)c5)c4)c3)cc(-c3ccccc3)n2)=CC(n2c3ccccc3c3ccccc32)C1. The smallest absolute Gasteiger partial charge is 0.0716 e. The van der Waals surface area contributed by atoms with Gasteiger partial charge < -0.3 is 9.13 Å². The summed E-state index contributed by atoms with van der Waals surface area (Å²) in [4.78, 5) is 10.7. The molecule has 1 aliphatic carbocycles. The number of fused-ring (bicyclic) bond motifs is 6. The maximum atomic E-state index is 5.38. The molecule has 0 bridgehead atoms.